The van der Waals surface area contributed by atoms with E-state index in [0.29, 0.717) is 16.8 Å². The van der Waals surface area contributed by atoms with Crippen LogP contribution in [0.15, 0.2) is 53.4 Å². The number of benzene rings is 2. The van der Waals surface area contributed by atoms with Crippen LogP contribution in [0.25, 0.3) is 11.3 Å². The Bertz CT molecular complexity index is 1090. The lowest BCUT2D eigenvalue weighted by Crippen LogP contribution is -2.19. The molecule has 0 aliphatic carbocycles. The number of nitrogens with one attached hydrogen (secondary N) is 2. The fourth-order valence-electron chi connectivity index (χ4n) is 2.44. The maximum absolute atomic E-state index is 13.7. The topological polar surface area (TPSA) is 84.0 Å². The van der Waals surface area contributed by atoms with Crippen LogP contribution in [-0.2, 0) is 10.0 Å². The predicted octanol–water partition coefficient (Wildman–Crippen LogP) is 3.38. The Morgan fingerprint density at radius 2 is 1.74 bits per heavy atom. The van der Waals surface area contributed by atoms with Gasteiger partial charge in [-0.15, -0.1) is 10.2 Å². The van der Waals surface area contributed by atoms with Crippen LogP contribution in [0.1, 0.15) is 5.56 Å². The van der Waals surface area contributed by atoms with Gasteiger partial charge >= 0.3 is 0 Å². The fraction of sp³-hybridized carbons (Fsp3) is 0.111. The lowest BCUT2D eigenvalue weighted by Gasteiger charge is -2.10. The van der Waals surface area contributed by atoms with E-state index in [2.05, 4.69) is 20.2 Å². The lowest BCUT2D eigenvalue weighted by atomic mass is 10.1. The second kappa shape index (κ2) is 7.37. The third kappa shape index (κ3) is 4.09. The highest BCUT2D eigenvalue weighted by atomic mass is 32.2. The molecule has 0 atom stereocenters. The Labute approximate surface area is 155 Å². The van der Waals surface area contributed by atoms with Crippen molar-refractivity contribution >= 4 is 21.5 Å². The molecule has 1 aromatic heterocycles. The third-order valence-electron chi connectivity index (χ3n) is 3.90. The minimum Gasteiger partial charge on any atom is -0.336 e. The number of aromatic nitrogens is 2. The smallest absolute Gasteiger partial charge is 0.240 e. The molecule has 0 amide bonds. The van der Waals surface area contributed by atoms with E-state index >= 15 is 0 Å². The first-order valence-electron chi connectivity index (χ1n) is 7.90. The molecule has 0 fully saturated rings. The van der Waals surface area contributed by atoms with Gasteiger partial charge in [0.25, 0.3) is 0 Å². The number of halogens is 2. The highest BCUT2D eigenvalue weighted by Gasteiger charge is 2.16. The summed E-state index contributed by atoms with van der Waals surface area (Å²) in [4.78, 5) is 0.147. The van der Waals surface area contributed by atoms with Gasteiger partial charge < -0.3 is 5.32 Å². The summed E-state index contributed by atoms with van der Waals surface area (Å²) in [5, 5.41) is 10.6. The Morgan fingerprint density at radius 3 is 2.41 bits per heavy atom. The summed E-state index contributed by atoms with van der Waals surface area (Å²) in [6, 6.07) is 11.1. The number of hydrogen-bond acceptors (Lipinski definition) is 5. The van der Waals surface area contributed by atoms with Gasteiger partial charge in [-0.3, -0.25) is 0 Å². The first-order chi connectivity index (χ1) is 12.8. The molecule has 9 heteroatoms. The third-order valence-corrected chi connectivity index (χ3v) is 5.45. The van der Waals surface area contributed by atoms with Gasteiger partial charge in [-0.25, -0.2) is 21.9 Å². The molecule has 140 valence electrons. The van der Waals surface area contributed by atoms with Gasteiger partial charge in [0.1, 0.15) is 11.6 Å². The fourth-order valence-corrected chi connectivity index (χ4v) is 3.44. The minimum atomic E-state index is -3.60. The van der Waals surface area contributed by atoms with Crippen molar-refractivity contribution < 1.29 is 17.2 Å². The standard InChI is InChI=1S/C18H16F2N4O2S/c1-11-3-4-12(9-17(11)27(25,26)21-2)15-7-8-18(24-23-15)22-16-10-13(19)5-6-14(16)20/h3-10,21H,1-2H3,(H,22,24). The van der Waals surface area contributed by atoms with Crippen molar-refractivity contribution in [1.82, 2.24) is 14.9 Å². The van der Waals surface area contributed by atoms with Crippen LogP contribution in [0.3, 0.4) is 0 Å². The SMILES string of the molecule is CNS(=O)(=O)c1cc(-c2ccc(Nc3cc(F)ccc3F)nn2)ccc1C. The number of nitrogens with zero attached hydrogens (tertiary/aromatic N) is 2. The zero-order valence-electron chi connectivity index (χ0n) is 14.5. The molecule has 0 saturated heterocycles. The zero-order chi connectivity index (χ0) is 19.6. The van der Waals surface area contributed by atoms with Gasteiger partial charge in [-0.2, -0.15) is 0 Å². The highest BCUT2D eigenvalue weighted by Crippen LogP contribution is 2.25. The van der Waals surface area contributed by atoms with E-state index in [1.807, 2.05) is 0 Å². The molecule has 0 radical (unpaired) electrons. The second-order valence-corrected chi connectivity index (χ2v) is 7.60. The number of aryl methyl sites for hydroxylation is 1. The van der Waals surface area contributed by atoms with Crippen LogP contribution in [0, 0.1) is 18.6 Å². The van der Waals surface area contributed by atoms with E-state index in [1.54, 1.807) is 31.2 Å². The molecule has 0 spiro atoms. The highest BCUT2D eigenvalue weighted by molar-refractivity contribution is 7.89. The van der Waals surface area contributed by atoms with Crippen molar-refractivity contribution in [1.29, 1.82) is 0 Å². The first kappa shape index (κ1) is 18.9. The second-order valence-electron chi connectivity index (χ2n) is 5.74. The van der Waals surface area contributed by atoms with E-state index in [4.69, 9.17) is 0 Å². The summed E-state index contributed by atoms with van der Waals surface area (Å²) in [5.74, 6) is -0.984. The molecule has 3 rings (SSSR count). The van der Waals surface area contributed by atoms with Gasteiger partial charge in [0, 0.05) is 11.6 Å². The van der Waals surface area contributed by atoms with Crippen LogP contribution >= 0.6 is 0 Å². The van der Waals surface area contributed by atoms with Crippen molar-refractivity contribution in [2.45, 2.75) is 11.8 Å². The van der Waals surface area contributed by atoms with Crippen molar-refractivity contribution in [3.05, 3.63) is 65.7 Å². The molecule has 1 heterocycles. The molecule has 2 aromatic carbocycles. The number of rotatable bonds is 5. The quantitative estimate of drug-likeness (QED) is 0.698. The zero-order valence-corrected chi connectivity index (χ0v) is 15.3. The average molecular weight is 390 g/mol. The molecule has 0 aliphatic heterocycles. The Hall–Kier alpha value is -2.91. The monoisotopic (exact) mass is 390 g/mol. The van der Waals surface area contributed by atoms with Gasteiger partial charge in [-0.05, 0) is 49.9 Å². The number of sulfonamides is 1. The molecule has 0 saturated carbocycles. The van der Waals surface area contributed by atoms with Gasteiger partial charge in [0.2, 0.25) is 10.0 Å². The molecular formula is C18H16F2N4O2S. The van der Waals surface area contributed by atoms with Crippen molar-refractivity contribution in [3.63, 3.8) is 0 Å². The summed E-state index contributed by atoms with van der Waals surface area (Å²) in [7, 11) is -2.26. The van der Waals surface area contributed by atoms with E-state index < -0.39 is 21.7 Å². The lowest BCUT2D eigenvalue weighted by molar-refractivity contribution is 0.587. The van der Waals surface area contributed by atoms with E-state index in [-0.39, 0.29) is 16.4 Å². The van der Waals surface area contributed by atoms with Crippen LogP contribution in [-0.4, -0.2) is 25.7 Å². The van der Waals surface area contributed by atoms with Crippen molar-refractivity contribution in [2.24, 2.45) is 0 Å². The molecule has 3 aromatic rings. The van der Waals surface area contributed by atoms with E-state index in [0.717, 1.165) is 18.2 Å². The van der Waals surface area contributed by atoms with Crippen LogP contribution < -0.4 is 10.0 Å². The largest absolute Gasteiger partial charge is 0.336 e. The average Bonchev–Trinajstić information content (AvgIpc) is 2.65. The molecule has 6 nitrogen and oxygen atoms in total. The number of anilines is 2. The summed E-state index contributed by atoms with van der Waals surface area (Å²) < 4.78 is 53.4. The van der Waals surface area contributed by atoms with Crippen LogP contribution in [0.2, 0.25) is 0 Å². The van der Waals surface area contributed by atoms with Crippen molar-refractivity contribution in [2.75, 3.05) is 12.4 Å². The molecule has 2 N–H and O–H groups in total. The maximum Gasteiger partial charge on any atom is 0.240 e. The molecule has 0 bridgehead atoms. The van der Waals surface area contributed by atoms with Crippen molar-refractivity contribution in [3.8, 4) is 11.3 Å². The molecule has 0 unspecified atom stereocenters. The summed E-state index contributed by atoms with van der Waals surface area (Å²) >= 11 is 0. The minimum absolute atomic E-state index is 0.0604. The molecular weight excluding hydrogens is 374 g/mol. The molecule has 0 aliphatic rings. The first-order valence-corrected chi connectivity index (χ1v) is 9.39. The molecule has 27 heavy (non-hydrogen) atoms. The Morgan fingerprint density at radius 1 is 0.963 bits per heavy atom. The van der Waals surface area contributed by atoms with E-state index in [1.165, 1.54) is 13.1 Å². The summed E-state index contributed by atoms with van der Waals surface area (Å²) in [6.07, 6.45) is 0. The predicted molar refractivity (Wildman–Crippen MR) is 98.1 cm³/mol. The van der Waals surface area contributed by atoms with Crippen LogP contribution in [0.4, 0.5) is 20.3 Å². The van der Waals surface area contributed by atoms with Gasteiger partial charge in [0.05, 0.1) is 16.3 Å². The normalized spacial score (nSPS) is 11.4. The van der Waals surface area contributed by atoms with Gasteiger partial charge in [0.15, 0.2) is 5.82 Å². The Balaban J connectivity index is 1.90. The van der Waals surface area contributed by atoms with E-state index in [9.17, 15) is 17.2 Å². The summed E-state index contributed by atoms with van der Waals surface area (Å²) in [5.41, 5.74) is 1.54. The Kier molecular flexibility index (Phi) is 5.15. The van der Waals surface area contributed by atoms with Crippen LogP contribution in [0.5, 0.6) is 0 Å². The summed E-state index contributed by atoms with van der Waals surface area (Å²) in [6.45, 7) is 1.69. The maximum atomic E-state index is 13.7. The number of hydrogen-bond donors (Lipinski definition) is 2. The van der Waals surface area contributed by atoms with Gasteiger partial charge in [-0.1, -0.05) is 12.1 Å².